The van der Waals surface area contributed by atoms with Gasteiger partial charge in [-0.3, -0.25) is 4.79 Å². The van der Waals surface area contributed by atoms with E-state index in [-0.39, 0.29) is 18.3 Å². The third-order valence-corrected chi connectivity index (χ3v) is 4.02. The van der Waals surface area contributed by atoms with Crippen LogP contribution in [-0.2, 0) is 0 Å². The maximum atomic E-state index is 12.1. The number of piperidine rings is 1. The molecule has 0 bridgehead atoms. The van der Waals surface area contributed by atoms with E-state index in [0.717, 1.165) is 28.5 Å². The molecule has 0 radical (unpaired) electrons. The fourth-order valence-electron chi connectivity index (χ4n) is 2.17. The molecule has 1 aromatic carbocycles. The van der Waals surface area contributed by atoms with Crippen LogP contribution in [0, 0.1) is 3.57 Å². The average molecular weight is 381 g/mol. The minimum atomic E-state index is 0. The first-order valence-electron chi connectivity index (χ1n) is 5.95. The van der Waals surface area contributed by atoms with E-state index in [1.807, 2.05) is 24.3 Å². The second-order valence-electron chi connectivity index (χ2n) is 4.53. The quantitative estimate of drug-likeness (QED) is 0.774. The van der Waals surface area contributed by atoms with E-state index in [0.29, 0.717) is 12.1 Å². The standard InChI is InChI=1S/C13H17IN2O.ClH/c1-9-8-10(6-7-15-9)16-13(17)11-4-2-3-5-12(11)14;/h2-5,9-10,15H,6-8H2,1H3,(H,16,17);1H. The summed E-state index contributed by atoms with van der Waals surface area (Å²) in [5, 5.41) is 6.51. The minimum Gasteiger partial charge on any atom is -0.349 e. The molecule has 3 nitrogen and oxygen atoms in total. The van der Waals surface area contributed by atoms with Crippen molar-refractivity contribution >= 4 is 40.9 Å². The van der Waals surface area contributed by atoms with Gasteiger partial charge >= 0.3 is 0 Å². The van der Waals surface area contributed by atoms with Crippen LogP contribution in [0.1, 0.15) is 30.1 Å². The highest BCUT2D eigenvalue weighted by Crippen LogP contribution is 2.13. The molecule has 1 aromatic rings. The number of hydrogen-bond donors (Lipinski definition) is 2. The Morgan fingerprint density at radius 2 is 2.17 bits per heavy atom. The molecule has 1 aliphatic heterocycles. The second kappa shape index (κ2) is 7.31. The smallest absolute Gasteiger partial charge is 0.252 e. The molecule has 0 aliphatic carbocycles. The van der Waals surface area contributed by atoms with Crippen LogP contribution in [0.25, 0.3) is 0 Å². The molecule has 5 heteroatoms. The minimum absolute atomic E-state index is 0. The van der Waals surface area contributed by atoms with E-state index in [1.165, 1.54) is 0 Å². The topological polar surface area (TPSA) is 41.1 Å². The van der Waals surface area contributed by atoms with Crippen molar-refractivity contribution in [2.45, 2.75) is 31.8 Å². The van der Waals surface area contributed by atoms with E-state index in [1.54, 1.807) is 0 Å². The lowest BCUT2D eigenvalue weighted by Crippen LogP contribution is -2.46. The number of nitrogens with one attached hydrogen (secondary N) is 2. The van der Waals surface area contributed by atoms with Gasteiger partial charge in [0.05, 0.1) is 5.56 Å². The van der Waals surface area contributed by atoms with Crippen LogP contribution in [0.4, 0.5) is 0 Å². The van der Waals surface area contributed by atoms with E-state index in [9.17, 15) is 4.79 Å². The van der Waals surface area contributed by atoms with Crippen LogP contribution in [0.3, 0.4) is 0 Å². The summed E-state index contributed by atoms with van der Waals surface area (Å²) in [5.41, 5.74) is 0.777. The summed E-state index contributed by atoms with van der Waals surface area (Å²) in [5.74, 6) is 0.0501. The van der Waals surface area contributed by atoms with E-state index in [2.05, 4.69) is 40.1 Å². The zero-order valence-corrected chi connectivity index (χ0v) is 13.3. The third-order valence-electron chi connectivity index (χ3n) is 3.08. The molecule has 0 spiro atoms. The first-order valence-corrected chi connectivity index (χ1v) is 7.03. The monoisotopic (exact) mass is 380 g/mol. The van der Waals surface area contributed by atoms with Crippen LogP contribution in [-0.4, -0.2) is 24.5 Å². The number of amides is 1. The first kappa shape index (κ1) is 15.7. The van der Waals surface area contributed by atoms with Gasteiger partial charge in [0, 0.05) is 15.7 Å². The zero-order valence-electron chi connectivity index (χ0n) is 10.3. The molecular weight excluding hydrogens is 363 g/mol. The molecule has 1 heterocycles. The molecule has 1 amide bonds. The van der Waals surface area contributed by atoms with Crippen molar-refractivity contribution in [2.75, 3.05) is 6.54 Å². The van der Waals surface area contributed by atoms with Crippen molar-refractivity contribution in [3.05, 3.63) is 33.4 Å². The predicted molar refractivity (Wildman–Crippen MR) is 84.4 cm³/mol. The number of carbonyl (C=O) groups is 1. The van der Waals surface area contributed by atoms with E-state index in [4.69, 9.17) is 0 Å². The maximum Gasteiger partial charge on any atom is 0.252 e. The molecule has 1 fully saturated rings. The number of rotatable bonds is 2. The number of hydrogen-bond acceptors (Lipinski definition) is 2. The van der Waals surface area contributed by atoms with Gasteiger partial charge in [-0.2, -0.15) is 0 Å². The zero-order chi connectivity index (χ0) is 12.3. The van der Waals surface area contributed by atoms with Crippen LogP contribution in [0.15, 0.2) is 24.3 Å². The van der Waals surface area contributed by atoms with Crippen LogP contribution < -0.4 is 10.6 Å². The molecule has 1 saturated heterocycles. The SMILES string of the molecule is CC1CC(NC(=O)c2ccccc2I)CCN1.Cl. The molecular formula is C13H18ClIN2O. The highest BCUT2D eigenvalue weighted by Gasteiger charge is 2.20. The van der Waals surface area contributed by atoms with Crippen molar-refractivity contribution in [3.63, 3.8) is 0 Å². The Morgan fingerprint density at radius 3 is 2.83 bits per heavy atom. The fourth-order valence-corrected chi connectivity index (χ4v) is 2.80. The van der Waals surface area contributed by atoms with Crippen molar-refractivity contribution in [1.29, 1.82) is 0 Å². The Balaban J connectivity index is 0.00000162. The molecule has 18 heavy (non-hydrogen) atoms. The Hall–Kier alpha value is -0.330. The van der Waals surface area contributed by atoms with Crippen molar-refractivity contribution < 1.29 is 4.79 Å². The van der Waals surface area contributed by atoms with Gasteiger partial charge in [0.1, 0.15) is 0 Å². The third kappa shape index (κ3) is 4.10. The fraction of sp³-hybridized carbons (Fsp3) is 0.462. The maximum absolute atomic E-state index is 12.1. The lowest BCUT2D eigenvalue weighted by molar-refractivity contribution is 0.0925. The Kier molecular flexibility index (Phi) is 6.38. The molecule has 2 N–H and O–H groups in total. The number of carbonyl (C=O) groups excluding carboxylic acids is 1. The lowest BCUT2D eigenvalue weighted by Gasteiger charge is -2.28. The molecule has 0 saturated carbocycles. The highest BCUT2D eigenvalue weighted by atomic mass is 127. The van der Waals surface area contributed by atoms with Crippen LogP contribution in [0.2, 0.25) is 0 Å². The first-order chi connectivity index (χ1) is 8.16. The number of halogens is 2. The summed E-state index contributed by atoms with van der Waals surface area (Å²) >= 11 is 2.20. The highest BCUT2D eigenvalue weighted by molar-refractivity contribution is 14.1. The number of benzene rings is 1. The van der Waals surface area contributed by atoms with E-state index >= 15 is 0 Å². The second-order valence-corrected chi connectivity index (χ2v) is 5.69. The summed E-state index contributed by atoms with van der Waals surface area (Å²) < 4.78 is 1.00. The van der Waals surface area contributed by atoms with Gasteiger partial charge in [-0.25, -0.2) is 0 Å². The van der Waals surface area contributed by atoms with Gasteiger partial charge in [0.2, 0.25) is 0 Å². The molecule has 100 valence electrons. The summed E-state index contributed by atoms with van der Waals surface area (Å²) in [4.78, 5) is 12.1. The van der Waals surface area contributed by atoms with Gasteiger partial charge in [-0.05, 0) is 61.0 Å². The van der Waals surface area contributed by atoms with Crippen molar-refractivity contribution in [1.82, 2.24) is 10.6 Å². The van der Waals surface area contributed by atoms with Gasteiger partial charge in [-0.1, -0.05) is 12.1 Å². The summed E-state index contributed by atoms with van der Waals surface area (Å²) in [6, 6.07) is 8.48. The van der Waals surface area contributed by atoms with Gasteiger partial charge in [0.25, 0.3) is 5.91 Å². The lowest BCUT2D eigenvalue weighted by atomic mass is 10.0. The van der Waals surface area contributed by atoms with Gasteiger partial charge in [-0.15, -0.1) is 12.4 Å². The van der Waals surface area contributed by atoms with Gasteiger partial charge in [0.15, 0.2) is 0 Å². The summed E-state index contributed by atoms with van der Waals surface area (Å²) in [7, 11) is 0. The molecule has 2 atom stereocenters. The van der Waals surface area contributed by atoms with Gasteiger partial charge < -0.3 is 10.6 Å². The summed E-state index contributed by atoms with van der Waals surface area (Å²) in [6.07, 6.45) is 2.02. The normalized spacial score (nSPS) is 23.0. The average Bonchev–Trinajstić information content (AvgIpc) is 2.29. The van der Waals surface area contributed by atoms with E-state index < -0.39 is 0 Å². The largest absolute Gasteiger partial charge is 0.349 e. The van der Waals surface area contributed by atoms with Crippen molar-refractivity contribution in [3.8, 4) is 0 Å². The molecule has 2 unspecified atom stereocenters. The molecule has 2 rings (SSSR count). The molecule has 0 aromatic heterocycles. The Labute approximate surface area is 128 Å². The molecule has 1 aliphatic rings. The Morgan fingerprint density at radius 1 is 1.44 bits per heavy atom. The predicted octanol–water partition coefficient (Wildman–Crippen LogP) is 2.58. The van der Waals surface area contributed by atoms with Crippen LogP contribution in [0.5, 0.6) is 0 Å². The Bertz CT molecular complexity index is 414. The van der Waals surface area contributed by atoms with Crippen molar-refractivity contribution in [2.24, 2.45) is 0 Å². The summed E-state index contributed by atoms with van der Waals surface area (Å²) in [6.45, 7) is 3.14. The van der Waals surface area contributed by atoms with Crippen LogP contribution >= 0.6 is 35.0 Å².